The maximum absolute atomic E-state index is 5.46. The Bertz CT molecular complexity index is 494. The van der Waals surface area contributed by atoms with E-state index in [0.717, 1.165) is 44.4 Å². The number of piperazine rings is 1. The summed E-state index contributed by atoms with van der Waals surface area (Å²) in [6.07, 6.45) is 4.74. The molecule has 0 amide bonds. The van der Waals surface area contributed by atoms with Crippen LogP contribution in [0, 0.1) is 0 Å². The zero-order valence-electron chi connectivity index (χ0n) is 13.4. The summed E-state index contributed by atoms with van der Waals surface area (Å²) in [5, 5.41) is 4.13. The number of rotatable bonds is 5. The molecule has 0 unspecified atom stereocenters. The van der Waals surface area contributed by atoms with E-state index in [1.54, 1.807) is 0 Å². The second-order valence-corrected chi connectivity index (χ2v) is 6.56. The van der Waals surface area contributed by atoms with Crippen LogP contribution in [0.15, 0.2) is 16.2 Å². The van der Waals surface area contributed by atoms with Crippen molar-refractivity contribution >= 4 is 0 Å². The molecule has 2 heterocycles. The lowest BCUT2D eigenvalue weighted by molar-refractivity contribution is 0.0946. The van der Waals surface area contributed by atoms with E-state index >= 15 is 0 Å². The first kappa shape index (κ1) is 14.7. The van der Waals surface area contributed by atoms with Crippen LogP contribution in [-0.2, 0) is 0 Å². The second-order valence-electron chi connectivity index (χ2n) is 6.56. The molecule has 3 rings (SSSR count). The van der Waals surface area contributed by atoms with Crippen molar-refractivity contribution in [2.75, 3.05) is 32.7 Å². The number of hydrogen-bond donors (Lipinski definition) is 0. The predicted octanol–water partition coefficient (Wildman–Crippen LogP) is 2.59. The maximum atomic E-state index is 5.46. The van der Waals surface area contributed by atoms with Crippen LogP contribution in [0.4, 0.5) is 0 Å². The highest BCUT2D eigenvalue weighted by Crippen LogP contribution is 2.38. The molecule has 5 nitrogen and oxygen atoms in total. The summed E-state index contributed by atoms with van der Waals surface area (Å²) in [5.41, 5.74) is 1.39. The van der Waals surface area contributed by atoms with Crippen molar-refractivity contribution in [3.05, 3.63) is 23.4 Å². The van der Waals surface area contributed by atoms with Crippen LogP contribution in [0.3, 0.4) is 0 Å². The molecule has 1 aliphatic carbocycles. The van der Waals surface area contributed by atoms with Gasteiger partial charge in [-0.3, -0.25) is 9.80 Å². The van der Waals surface area contributed by atoms with Crippen molar-refractivity contribution in [1.29, 1.82) is 0 Å². The second kappa shape index (κ2) is 6.28. The Morgan fingerprint density at radius 2 is 2.00 bits per heavy atom. The Kier molecular flexibility index (Phi) is 4.40. The molecule has 2 aliphatic rings. The topological polar surface area (TPSA) is 45.4 Å². The first-order valence-electron chi connectivity index (χ1n) is 8.06. The summed E-state index contributed by atoms with van der Waals surface area (Å²) in [5.74, 6) is 2.27. The minimum absolute atomic E-state index is 0.232. The van der Waals surface area contributed by atoms with Gasteiger partial charge >= 0.3 is 0 Å². The molecule has 1 saturated heterocycles. The molecule has 1 aromatic heterocycles. The molecule has 1 aliphatic heterocycles. The summed E-state index contributed by atoms with van der Waals surface area (Å²) in [7, 11) is 0. The van der Waals surface area contributed by atoms with Gasteiger partial charge in [-0.15, -0.1) is 0 Å². The molecule has 0 radical (unpaired) electrons. The van der Waals surface area contributed by atoms with Crippen molar-refractivity contribution in [3.8, 4) is 0 Å². The van der Waals surface area contributed by atoms with Crippen molar-refractivity contribution in [1.82, 2.24) is 19.9 Å². The van der Waals surface area contributed by atoms with Crippen LogP contribution in [0.25, 0.3) is 0 Å². The standard InChI is InChI=1S/C16H26N4O/c1-12(2)6-7-19-8-10-20(11-9-19)13(3)16-17-15(18-21-16)14-4-5-14/h6,13-14H,4-5,7-11H2,1-3H3/t13-/m1/s1. The highest BCUT2D eigenvalue weighted by Gasteiger charge is 2.31. The molecule has 0 aromatic carbocycles. The molecule has 1 aromatic rings. The van der Waals surface area contributed by atoms with Crippen LogP contribution < -0.4 is 0 Å². The summed E-state index contributed by atoms with van der Waals surface area (Å²) >= 11 is 0. The van der Waals surface area contributed by atoms with Gasteiger partial charge in [-0.1, -0.05) is 16.8 Å². The lowest BCUT2D eigenvalue weighted by Gasteiger charge is -2.36. The highest BCUT2D eigenvalue weighted by atomic mass is 16.5. The van der Waals surface area contributed by atoms with Crippen molar-refractivity contribution in [2.24, 2.45) is 0 Å². The molecule has 116 valence electrons. The van der Waals surface area contributed by atoms with Gasteiger partial charge in [0.15, 0.2) is 5.82 Å². The van der Waals surface area contributed by atoms with Gasteiger partial charge in [-0.25, -0.2) is 0 Å². The molecular weight excluding hydrogens is 264 g/mol. The highest BCUT2D eigenvalue weighted by molar-refractivity contribution is 5.05. The molecule has 21 heavy (non-hydrogen) atoms. The van der Waals surface area contributed by atoms with E-state index in [4.69, 9.17) is 4.52 Å². The third-order valence-corrected chi connectivity index (χ3v) is 4.47. The average molecular weight is 290 g/mol. The van der Waals surface area contributed by atoms with E-state index in [1.807, 2.05) is 0 Å². The van der Waals surface area contributed by atoms with Gasteiger partial charge in [0, 0.05) is 38.6 Å². The van der Waals surface area contributed by atoms with Gasteiger partial charge in [-0.05, 0) is 33.6 Å². The van der Waals surface area contributed by atoms with E-state index in [9.17, 15) is 0 Å². The molecule has 2 fully saturated rings. The van der Waals surface area contributed by atoms with E-state index in [-0.39, 0.29) is 6.04 Å². The Hall–Kier alpha value is -1.20. The van der Waals surface area contributed by atoms with Gasteiger partial charge in [0.25, 0.3) is 0 Å². The first-order chi connectivity index (χ1) is 10.1. The van der Waals surface area contributed by atoms with Gasteiger partial charge in [0.05, 0.1) is 6.04 Å². The minimum atomic E-state index is 0.232. The van der Waals surface area contributed by atoms with Crippen LogP contribution in [0.5, 0.6) is 0 Å². The molecule has 0 bridgehead atoms. The normalized spacial score (nSPS) is 22.2. The summed E-state index contributed by atoms with van der Waals surface area (Å²) in [4.78, 5) is 9.53. The molecule has 5 heteroatoms. The maximum Gasteiger partial charge on any atom is 0.243 e. The van der Waals surface area contributed by atoms with Crippen LogP contribution >= 0.6 is 0 Å². The third kappa shape index (κ3) is 3.71. The lowest BCUT2D eigenvalue weighted by Crippen LogP contribution is -2.47. The molecular formula is C16H26N4O. The fraction of sp³-hybridized carbons (Fsp3) is 0.750. The van der Waals surface area contributed by atoms with Gasteiger partial charge in [0.2, 0.25) is 5.89 Å². The van der Waals surface area contributed by atoms with Crippen molar-refractivity contribution < 1.29 is 4.52 Å². The van der Waals surface area contributed by atoms with Crippen LogP contribution in [-0.4, -0.2) is 52.7 Å². The Morgan fingerprint density at radius 3 is 2.62 bits per heavy atom. The lowest BCUT2D eigenvalue weighted by atomic mass is 10.2. The zero-order chi connectivity index (χ0) is 14.8. The summed E-state index contributed by atoms with van der Waals surface area (Å²) in [6, 6.07) is 0.232. The number of allylic oxidation sites excluding steroid dienone is 1. The fourth-order valence-corrected chi connectivity index (χ4v) is 2.73. The quantitative estimate of drug-likeness (QED) is 0.780. The van der Waals surface area contributed by atoms with Crippen LogP contribution in [0.1, 0.15) is 57.3 Å². The van der Waals surface area contributed by atoms with Gasteiger partial charge in [0.1, 0.15) is 0 Å². The Morgan fingerprint density at radius 1 is 1.29 bits per heavy atom. The SMILES string of the molecule is CC(C)=CCN1CCN([C@H](C)c2nc(C3CC3)no2)CC1. The van der Waals surface area contributed by atoms with Gasteiger partial charge < -0.3 is 4.52 Å². The number of nitrogens with zero attached hydrogens (tertiary/aromatic N) is 4. The molecule has 1 atom stereocenters. The van der Waals surface area contributed by atoms with E-state index < -0.39 is 0 Å². The Labute approximate surface area is 127 Å². The summed E-state index contributed by atoms with van der Waals surface area (Å²) in [6.45, 7) is 11.9. The average Bonchev–Trinajstić information content (AvgIpc) is 3.22. The minimum Gasteiger partial charge on any atom is -0.338 e. The monoisotopic (exact) mass is 290 g/mol. The third-order valence-electron chi connectivity index (χ3n) is 4.47. The first-order valence-corrected chi connectivity index (χ1v) is 8.06. The predicted molar refractivity (Wildman–Crippen MR) is 82.1 cm³/mol. The summed E-state index contributed by atoms with van der Waals surface area (Å²) < 4.78 is 5.46. The Balaban J connectivity index is 1.52. The molecule has 0 N–H and O–H groups in total. The zero-order valence-corrected chi connectivity index (χ0v) is 13.4. The van der Waals surface area contributed by atoms with E-state index in [0.29, 0.717) is 5.92 Å². The van der Waals surface area contributed by atoms with E-state index in [1.165, 1.54) is 18.4 Å². The van der Waals surface area contributed by atoms with Crippen molar-refractivity contribution in [3.63, 3.8) is 0 Å². The van der Waals surface area contributed by atoms with Crippen LogP contribution in [0.2, 0.25) is 0 Å². The molecule has 0 spiro atoms. The smallest absolute Gasteiger partial charge is 0.243 e. The largest absolute Gasteiger partial charge is 0.338 e. The number of hydrogen-bond acceptors (Lipinski definition) is 5. The fourth-order valence-electron chi connectivity index (χ4n) is 2.73. The number of aromatic nitrogens is 2. The van der Waals surface area contributed by atoms with Crippen molar-refractivity contribution in [2.45, 2.75) is 45.6 Å². The van der Waals surface area contributed by atoms with E-state index in [2.05, 4.69) is 46.8 Å². The molecule has 1 saturated carbocycles. The van der Waals surface area contributed by atoms with Gasteiger partial charge in [-0.2, -0.15) is 4.98 Å².